The highest BCUT2D eigenvalue weighted by atomic mass is 16.5. The molecule has 316 valence electrons. The Balaban J connectivity index is 1.76. The van der Waals surface area contributed by atoms with Gasteiger partial charge in [0.1, 0.15) is 32.1 Å². The summed E-state index contributed by atoms with van der Waals surface area (Å²) < 4.78 is 39.9. The number of carboxylic acid groups (broad SMARTS) is 1. The molecule has 0 bridgehead atoms. The molecule has 0 saturated heterocycles. The van der Waals surface area contributed by atoms with Crippen molar-refractivity contribution in [3.8, 4) is 29.2 Å². The standard InChI is InChI=1S/C46H54BN3O10/c1-34-32-40(16-9-37-10-17-41(18-11-37)60-30-29-59-28-25-56-6)49-44(34)43(38-12-14-39(15-13-38)46(53)48-33-42(51)52)45-35(2)31-36(3)50(45)47(19-7-21-57-26-23-54-4)20-8-22-58-27-24-55-5/h9-18,31-32H,21-30,33H2,1-6H3,(H,48,53)(H,51,52)/b16-9+,44-43-. The molecule has 0 saturated carbocycles. The van der Waals surface area contributed by atoms with Crippen LogP contribution in [0.5, 0.6) is 5.75 Å². The van der Waals surface area contributed by atoms with Gasteiger partial charge in [0.25, 0.3) is 5.91 Å². The van der Waals surface area contributed by atoms with Crippen molar-refractivity contribution in [3.05, 3.63) is 112 Å². The maximum Gasteiger partial charge on any atom is 0.433 e. The zero-order valence-electron chi connectivity index (χ0n) is 35.3. The number of amides is 1. The van der Waals surface area contributed by atoms with Crippen molar-refractivity contribution in [3.63, 3.8) is 0 Å². The number of hydrogen-bond acceptors (Lipinski definition) is 10. The summed E-state index contributed by atoms with van der Waals surface area (Å²) in [4.78, 5) is 29.1. The van der Waals surface area contributed by atoms with Crippen LogP contribution in [0.25, 0.3) is 11.6 Å². The van der Waals surface area contributed by atoms with Crippen molar-refractivity contribution >= 4 is 36.1 Å². The monoisotopic (exact) mass is 819 g/mol. The summed E-state index contributed by atoms with van der Waals surface area (Å²) in [6.45, 7) is 9.08. The smallest absolute Gasteiger partial charge is 0.433 e. The minimum absolute atomic E-state index is 0.196. The topological polar surface area (TPSA) is 148 Å². The zero-order chi connectivity index (χ0) is 43.1. The second-order valence-corrected chi connectivity index (χ2v) is 13.4. The fourth-order valence-electron chi connectivity index (χ4n) is 6.07. The quantitative estimate of drug-likeness (QED) is 0.0754. The highest BCUT2D eigenvalue weighted by molar-refractivity contribution is 6.74. The minimum atomic E-state index is -1.13. The van der Waals surface area contributed by atoms with Crippen LogP contribution in [0.1, 0.15) is 45.4 Å². The van der Waals surface area contributed by atoms with Gasteiger partial charge in [-0.2, -0.15) is 0 Å². The molecule has 0 atom stereocenters. The van der Waals surface area contributed by atoms with Crippen LogP contribution in [0, 0.1) is 37.3 Å². The molecule has 0 fully saturated rings. The summed E-state index contributed by atoms with van der Waals surface area (Å²) in [6.07, 6.45) is 5.99. The molecule has 3 aromatic rings. The SMILES string of the molecule is COCCOCC#CB(C#CCOCCOC)n1c(C)cc(C)c1/C(=C1N=C(/C=C/c2ccc(OCCOCCOC)cc2)C=C\1C)c1ccc(C(=O)NCC(=O)O)cc1. The molecule has 2 heterocycles. The van der Waals surface area contributed by atoms with Gasteiger partial charge in [0.2, 0.25) is 0 Å². The van der Waals surface area contributed by atoms with Crippen molar-refractivity contribution in [2.75, 3.05) is 93.9 Å². The van der Waals surface area contributed by atoms with Crippen LogP contribution < -0.4 is 10.1 Å². The summed E-state index contributed by atoms with van der Waals surface area (Å²) in [5, 5.41) is 11.5. The number of benzene rings is 2. The molecule has 14 heteroatoms. The minimum Gasteiger partial charge on any atom is -0.491 e. The van der Waals surface area contributed by atoms with E-state index in [2.05, 4.69) is 39.3 Å². The number of methoxy groups -OCH3 is 3. The number of aliphatic imine (C=N–C) groups is 1. The number of aryl methyl sites for hydroxylation is 2. The van der Waals surface area contributed by atoms with Gasteiger partial charge in [-0.1, -0.05) is 42.2 Å². The van der Waals surface area contributed by atoms with Gasteiger partial charge in [-0.25, -0.2) is 4.99 Å². The van der Waals surface area contributed by atoms with E-state index < -0.39 is 25.3 Å². The molecule has 1 aliphatic rings. The van der Waals surface area contributed by atoms with E-state index in [0.29, 0.717) is 58.4 Å². The Morgan fingerprint density at radius 3 is 1.95 bits per heavy atom. The average molecular weight is 820 g/mol. The van der Waals surface area contributed by atoms with Gasteiger partial charge in [0.05, 0.1) is 57.7 Å². The predicted octanol–water partition coefficient (Wildman–Crippen LogP) is 5.09. The number of aliphatic carboxylic acids is 1. The highest BCUT2D eigenvalue weighted by Crippen LogP contribution is 2.37. The first-order valence-corrected chi connectivity index (χ1v) is 19.5. The second-order valence-electron chi connectivity index (χ2n) is 13.4. The normalized spacial score (nSPS) is 12.9. The van der Waals surface area contributed by atoms with Crippen LogP contribution in [0.3, 0.4) is 0 Å². The molecular weight excluding hydrogens is 765 g/mol. The van der Waals surface area contributed by atoms with E-state index in [9.17, 15) is 9.59 Å². The van der Waals surface area contributed by atoms with E-state index in [1.807, 2.05) is 75.4 Å². The lowest BCUT2D eigenvalue weighted by molar-refractivity contribution is -0.135. The molecule has 2 N–H and O–H groups in total. The van der Waals surface area contributed by atoms with Gasteiger partial charge >= 0.3 is 12.8 Å². The van der Waals surface area contributed by atoms with E-state index in [-0.39, 0.29) is 13.2 Å². The summed E-state index contributed by atoms with van der Waals surface area (Å²) >= 11 is 0. The molecule has 0 unspecified atom stereocenters. The Morgan fingerprint density at radius 1 is 0.767 bits per heavy atom. The number of carbonyl (C=O) groups is 2. The van der Waals surface area contributed by atoms with Gasteiger partial charge < -0.3 is 48.1 Å². The van der Waals surface area contributed by atoms with Crippen LogP contribution in [-0.4, -0.2) is 128 Å². The number of aromatic nitrogens is 1. The number of carboxylic acids is 1. The maximum atomic E-state index is 12.8. The molecule has 4 rings (SSSR count). The number of nitrogens with one attached hydrogen (secondary N) is 1. The van der Waals surface area contributed by atoms with Gasteiger partial charge in [0.15, 0.2) is 0 Å². The lowest BCUT2D eigenvalue weighted by Crippen LogP contribution is -2.29. The summed E-state index contributed by atoms with van der Waals surface area (Å²) in [6, 6.07) is 16.9. The molecule has 0 spiro atoms. The first-order valence-electron chi connectivity index (χ1n) is 19.5. The first kappa shape index (κ1) is 47.0. The van der Waals surface area contributed by atoms with E-state index >= 15 is 0 Å². The Kier molecular flexibility index (Phi) is 20.1. The Bertz CT molecular complexity index is 2100. The van der Waals surface area contributed by atoms with Crippen molar-refractivity contribution in [2.45, 2.75) is 20.8 Å². The number of ether oxygens (including phenoxy) is 7. The molecule has 1 amide bonds. The molecule has 0 aliphatic carbocycles. The first-order chi connectivity index (χ1) is 29.2. The lowest BCUT2D eigenvalue weighted by Gasteiger charge is -2.19. The Labute approximate surface area is 353 Å². The highest BCUT2D eigenvalue weighted by Gasteiger charge is 2.27. The molecule has 13 nitrogen and oxygen atoms in total. The summed E-state index contributed by atoms with van der Waals surface area (Å²) in [7, 11) is 4.87. The third-order valence-corrected chi connectivity index (χ3v) is 8.91. The van der Waals surface area contributed by atoms with Crippen molar-refractivity contribution in [1.82, 2.24) is 9.79 Å². The van der Waals surface area contributed by atoms with Gasteiger partial charge in [-0.15, -0.1) is 11.6 Å². The molecule has 60 heavy (non-hydrogen) atoms. The van der Waals surface area contributed by atoms with E-state index in [4.69, 9.17) is 43.3 Å². The van der Waals surface area contributed by atoms with Crippen molar-refractivity contribution in [1.29, 1.82) is 0 Å². The predicted molar refractivity (Wildman–Crippen MR) is 233 cm³/mol. The number of allylic oxidation sites excluding steroid dienone is 3. The van der Waals surface area contributed by atoms with Crippen LogP contribution >= 0.6 is 0 Å². The molecule has 1 aromatic heterocycles. The third kappa shape index (κ3) is 14.8. The van der Waals surface area contributed by atoms with E-state index in [1.54, 1.807) is 33.5 Å². The third-order valence-electron chi connectivity index (χ3n) is 8.91. The number of hydrogen-bond donors (Lipinski definition) is 2. The summed E-state index contributed by atoms with van der Waals surface area (Å²) in [5.74, 6) is 12.1. The fourth-order valence-corrected chi connectivity index (χ4v) is 6.07. The lowest BCUT2D eigenvalue weighted by atomic mass is 9.63. The number of nitrogens with zero attached hydrogens (tertiary/aromatic N) is 2. The van der Waals surface area contributed by atoms with Crippen molar-refractivity contribution in [2.24, 2.45) is 4.99 Å². The van der Waals surface area contributed by atoms with E-state index in [0.717, 1.165) is 56.4 Å². The fraction of sp³-hybridized carbons (Fsp3) is 0.370. The van der Waals surface area contributed by atoms with Crippen LogP contribution in [0.4, 0.5) is 0 Å². The second kappa shape index (κ2) is 25.7. The summed E-state index contributed by atoms with van der Waals surface area (Å²) in [5.41, 5.74) is 8.05. The largest absolute Gasteiger partial charge is 0.491 e. The van der Waals surface area contributed by atoms with Gasteiger partial charge in [0, 0.05) is 43.9 Å². The molecule has 0 radical (unpaired) electrons. The van der Waals surface area contributed by atoms with Gasteiger partial charge in [-0.3, -0.25) is 9.59 Å². The molecule has 1 aliphatic heterocycles. The van der Waals surface area contributed by atoms with Crippen LogP contribution in [0.2, 0.25) is 0 Å². The average Bonchev–Trinajstić information content (AvgIpc) is 3.76. The zero-order valence-corrected chi connectivity index (χ0v) is 35.3. The Hall–Kier alpha value is -5.71. The van der Waals surface area contributed by atoms with Crippen LogP contribution in [-0.2, 0) is 33.2 Å². The maximum absolute atomic E-state index is 12.8. The molecule has 2 aromatic carbocycles. The van der Waals surface area contributed by atoms with Gasteiger partial charge in [-0.05, 0) is 85.5 Å². The van der Waals surface area contributed by atoms with Crippen molar-refractivity contribution < 1.29 is 47.9 Å². The van der Waals surface area contributed by atoms with E-state index in [1.165, 1.54) is 0 Å². The Morgan fingerprint density at radius 2 is 1.35 bits per heavy atom. The number of rotatable bonds is 23. The molecular formula is C46H54BN3O10. The van der Waals surface area contributed by atoms with Crippen LogP contribution in [0.15, 0.2) is 83.0 Å². The number of carbonyl (C=O) groups excluding carboxylic acids is 1.